The number of aryl methyl sites for hydroxylation is 2. The standard InChI is InChI=1S/C29H26F4O.C28H24F4O/c1-2-3-4-5-6-19-7-8-24-16-23(14-13-22(24)15-19)20-9-11-21(12-10-20)25-17-26(30)28(27(31)18-25)34-29(32)33;1-2-3-4-5-18-6-7-23-15-22(13-12-21(23)14-18)19-8-10-20(11-9-19)24-16-25(29)27(26(30)17-24)33-28(31)32/h7-18,29H,2-6H2,1H3;6-17,28H,2-5H2,1H3. The molecule has 2 nitrogen and oxygen atoms in total. The first kappa shape index (κ1) is 48.3. The average molecular weight is 919 g/mol. The van der Waals surface area contributed by atoms with Crippen LogP contribution in [-0.4, -0.2) is 13.2 Å². The maximum Gasteiger partial charge on any atom is 0.387 e. The lowest BCUT2D eigenvalue weighted by atomic mass is 9.97. The van der Waals surface area contributed by atoms with Crippen LogP contribution in [0.25, 0.3) is 66.1 Å². The first-order valence-corrected chi connectivity index (χ1v) is 22.5. The molecule has 8 aromatic rings. The minimum absolute atomic E-state index is 0.243. The Kier molecular flexibility index (Phi) is 16.3. The first-order chi connectivity index (χ1) is 32.4. The van der Waals surface area contributed by atoms with Crippen molar-refractivity contribution in [2.75, 3.05) is 0 Å². The molecule has 0 fully saturated rings. The molecule has 8 rings (SSSR count). The van der Waals surface area contributed by atoms with Gasteiger partial charge < -0.3 is 9.47 Å². The third-order valence-electron chi connectivity index (χ3n) is 11.7. The number of hydrogen-bond donors (Lipinski definition) is 0. The predicted molar refractivity (Wildman–Crippen MR) is 254 cm³/mol. The van der Waals surface area contributed by atoms with Gasteiger partial charge in [-0.25, -0.2) is 17.6 Å². The fourth-order valence-corrected chi connectivity index (χ4v) is 8.16. The van der Waals surface area contributed by atoms with E-state index >= 15 is 0 Å². The molecular weight excluding hydrogens is 869 g/mol. The Labute approximate surface area is 385 Å². The molecule has 0 aromatic heterocycles. The van der Waals surface area contributed by atoms with E-state index in [1.807, 2.05) is 24.3 Å². The van der Waals surface area contributed by atoms with Crippen LogP contribution >= 0.6 is 0 Å². The topological polar surface area (TPSA) is 18.5 Å². The van der Waals surface area contributed by atoms with Crippen LogP contribution < -0.4 is 9.47 Å². The summed E-state index contributed by atoms with van der Waals surface area (Å²) in [4.78, 5) is 0. The zero-order chi connectivity index (χ0) is 47.5. The molecule has 0 saturated heterocycles. The summed E-state index contributed by atoms with van der Waals surface area (Å²) in [5.41, 5.74) is 8.32. The number of ether oxygens (including phenoxy) is 2. The molecule has 0 aliphatic rings. The van der Waals surface area contributed by atoms with Gasteiger partial charge >= 0.3 is 13.2 Å². The Bertz CT molecular complexity index is 2870. The monoisotopic (exact) mass is 918 g/mol. The zero-order valence-corrected chi connectivity index (χ0v) is 37.2. The number of rotatable bonds is 17. The maximum absolute atomic E-state index is 14.1. The largest absolute Gasteiger partial charge is 0.429 e. The molecular formula is C57H50F8O2. The highest BCUT2D eigenvalue weighted by molar-refractivity contribution is 5.89. The van der Waals surface area contributed by atoms with Crippen molar-refractivity contribution in [3.05, 3.63) is 180 Å². The number of fused-ring (bicyclic) bond motifs is 2. The van der Waals surface area contributed by atoms with E-state index in [4.69, 9.17) is 0 Å². The van der Waals surface area contributed by atoms with Gasteiger partial charge in [0.05, 0.1) is 0 Å². The number of halogens is 8. The van der Waals surface area contributed by atoms with Gasteiger partial charge in [-0.1, -0.05) is 155 Å². The second-order valence-electron chi connectivity index (χ2n) is 16.5. The lowest BCUT2D eigenvalue weighted by molar-refractivity contribution is -0.0551. The van der Waals surface area contributed by atoms with Gasteiger partial charge in [0.25, 0.3) is 0 Å². The van der Waals surface area contributed by atoms with Crippen molar-refractivity contribution in [2.45, 2.75) is 84.9 Å². The quantitative estimate of drug-likeness (QED) is 0.0669. The van der Waals surface area contributed by atoms with Gasteiger partial charge in [-0.2, -0.15) is 17.6 Å². The molecule has 10 heteroatoms. The van der Waals surface area contributed by atoms with E-state index in [1.54, 1.807) is 24.3 Å². The van der Waals surface area contributed by atoms with Gasteiger partial charge in [0, 0.05) is 0 Å². The summed E-state index contributed by atoms with van der Waals surface area (Å²) in [7, 11) is 0. The van der Waals surface area contributed by atoms with Crippen LogP contribution in [0.3, 0.4) is 0 Å². The average Bonchev–Trinajstić information content (AvgIpc) is 3.32. The van der Waals surface area contributed by atoms with Crippen molar-refractivity contribution >= 4 is 21.5 Å². The van der Waals surface area contributed by atoms with Crippen molar-refractivity contribution in [1.29, 1.82) is 0 Å². The van der Waals surface area contributed by atoms with Gasteiger partial charge in [-0.05, 0) is 139 Å². The molecule has 67 heavy (non-hydrogen) atoms. The summed E-state index contributed by atoms with van der Waals surface area (Å²) in [6.07, 6.45) is 10.8. The Morgan fingerprint density at radius 1 is 0.328 bits per heavy atom. The summed E-state index contributed by atoms with van der Waals surface area (Å²) < 4.78 is 114. The molecule has 0 spiro atoms. The van der Waals surface area contributed by atoms with Crippen LogP contribution in [0.1, 0.15) is 69.9 Å². The molecule has 0 aliphatic heterocycles. The number of alkyl halides is 4. The van der Waals surface area contributed by atoms with Crippen molar-refractivity contribution in [3.63, 3.8) is 0 Å². The van der Waals surface area contributed by atoms with Crippen LogP contribution in [0, 0.1) is 23.3 Å². The van der Waals surface area contributed by atoms with Gasteiger partial charge in [0.2, 0.25) is 0 Å². The summed E-state index contributed by atoms with van der Waals surface area (Å²) in [5.74, 6) is -6.82. The summed E-state index contributed by atoms with van der Waals surface area (Å²) in [5, 5.41) is 4.69. The van der Waals surface area contributed by atoms with Crippen LogP contribution in [-0.2, 0) is 12.8 Å². The third-order valence-corrected chi connectivity index (χ3v) is 11.7. The van der Waals surface area contributed by atoms with Crippen molar-refractivity contribution in [2.24, 2.45) is 0 Å². The Morgan fingerprint density at radius 3 is 0.985 bits per heavy atom. The SMILES string of the molecule is CCCCCCc1ccc2cc(-c3ccc(-c4cc(F)c(OC(F)F)c(F)c4)cc3)ccc2c1.CCCCCc1ccc2cc(-c3ccc(-c4cc(F)c(OC(F)F)c(F)c4)cc3)ccc2c1. The second kappa shape index (κ2) is 22.7. The molecule has 0 unspecified atom stereocenters. The van der Waals surface area contributed by atoms with Crippen molar-refractivity contribution in [3.8, 4) is 56.0 Å². The van der Waals surface area contributed by atoms with Crippen molar-refractivity contribution < 1.29 is 44.6 Å². The van der Waals surface area contributed by atoms with Gasteiger partial charge in [-0.3, -0.25) is 0 Å². The second-order valence-corrected chi connectivity index (χ2v) is 16.5. The normalized spacial score (nSPS) is 11.3. The lowest BCUT2D eigenvalue weighted by Gasteiger charge is -2.10. The molecule has 0 heterocycles. The van der Waals surface area contributed by atoms with E-state index in [0.29, 0.717) is 11.1 Å². The molecule has 0 radical (unpaired) electrons. The van der Waals surface area contributed by atoms with Crippen LogP contribution in [0.2, 0.25) is 0 Å². The molecule has 8 aromatic carbocycles. The van der Waals surface area contributed by atoms with Crippen LogP contribution in [0.15, 0.2) is 146 Å². The Hall–Kier alpha value is -6.68. The van der Waals surface area contributed by atoms with Gasteiger partial charge in [0.1, 0.15) is 0 Å². The maximum atomic E-state index is 14.1. The highest BCUT2D eigenvalue weighted by Gasteiger charge is 2.19. The summed E-state index contributed by atoms with van der Waals surface area (Å²) in [6, 6.07) is 44.2. The lowest BCUT2D eigenvalue weighted by Crippen LogP contribution is -2.06. The number of hydrogen-bond acceptors (Lipinski definition) is 2. The smallest absolute Gasteiger partial charge is 0.387 e. The molecule has 0 aliphatic carbocycles. The molecule has 0 atom stereocenters. The fourth-order valence-electron chi connectivity index (χ4n) is 8.16. The van der Waals surface area contributed by atoms with E-state index in [9.17, 15) is 35.1 Å². The minimum atomic E-state index is -3.30. The van der Waals surface area contributed by atoms with Crippen LogP contribution in [0.5, 0.6) is 11.5 Å². The first-order valence-electron chi connectivity index (χ1n) is 22.5. The Balaban J connectivity index is 0.000000199. The summed E-state index contributed by atoms with van der Waals surface area (Å²) in [6.45, 7) is -2.18. The van der Waals surface area contributed by atoms with E-state index < -0.39 is 48.0 Å². The van der Waals surface area contributed by atoms with Gasteiger partial charge in [0.15, 0.2) is 34.8 Å². The molecule has 346 valence electrons. The Morgan fingerprint density at radius 2 is 0.627 bits per heavy atom. The fraction of sp³-hybridized carbons (Fsp3) is 0.228. The molecule has 0 saturated carbocycles. The number of benzene rings is 8. The number of unbranched alkanes of at least 4 members (excludes halogenated alkanes) is 5. The van der Waals surface area contributed by atoms with E-state index in [-0.39, 0.29) is 11.1 Å². The molecule has 0 amide bonds. The molecule has 0 bridgehead atoms. The van der Waals surface area contributed by atoms with E-state index in [1.165, 1.54) is 66.8 Å². The third kappa shape index (κ3) is 12.6. The van der Waals surface area contributed by atoms with Crippen LogP contribution in [0.4, 0.5) is 35.1 Å². The summed E-state index contributed by atoms with van der Waals surface area (Å²) >= 11 is 0. The molecule has 0 N–H and O–H groups in total. The zero-order valence-electron chi connectivity index (χ0n) is 37.2. The van der Waals surface area contributed by atoms with Crippen molar-refractivity contribution in [1.82, 2.24) is 0 Å². The predicted octanol–water partition coefficient (Wildman–Crippen LogP) is 18.0. The highest BCUT2D eigenvalue weighted by atomic mass is 19.3. The van der Waals surface area contributed by atoms with Gasteiger partial charge in [-0.15, -0.1) is 0 Å². The minimum Gasteiger partial charge on any atom is -0.429 e. The van der Waals surface area contributed by atoms with E-state index in [2.05, 4.69) is 96.1 Å². The van der Waals surface area contributed by atoms with E-state index in [0.717, 1.165) is 70.1 Å². The highest BCUT2D eigenvalue weighted by Crippen LogP contribution is 2.34.